The normalized spacial score (nSPS) is 11.3. The van der Waals surface area contributed by atoms with E-state index < -0.39 is 0 Å². The van der Waals surface area contributed by atoms with Crippen LogP contribution in [0, 0.1) is 6.92 Å². The van der Waals surface area contributed by atoms with E-state index in [1.807, 2.05) is 62.4 Å². The zero-order valence-electron chi connectivity index (χ0n) is 18.7. The van der Waals surface area contributed by atoms with Gasteiger partial charge < -0.3 is 9.47 Å². The lowest BCUT2D eigenvalue weighted by Crippen LogP contribution is -2.05. The molecular formula is C27H28N2O2. The second-order valence-corrected chi connectivity index (χ2v) is 8.36. The molecular weight excluding hydrogens is 384 g/mol. The van der Waals surface area contributed by atoms with Crippen LogP contribution in [0.5, 0.6) is 17.4 Å². The Bertz CT molecular complexity index is 1200. The summed E-state index contributed by atoms with van der Waals surface area (Å²) in [5.74, 6) is 3.21. The second-order valence-electron chi connectivity index (χ2n) is 8.36. The number of hydrogen-bond donors (Lipinski definition) is 0. The summed E-state index contributed by atoms with van der Waals surface area (Å²) in [7, 11) is 0. The van der Waals surface area contributed by atoms with Gasteiger partial charge in [-0.1, -0.05) is 38.1 Å². The van der Waals surface area contributed by atoms with Crippen molar-refractivity contribution in [3.8, 4) is 28.8 Å². The van der Waals surface area contributed by atoms with Gasteiger partial charge >= 0.3 is 0 Å². The highest BCUT2D eigenvalue weighted by molar-refractivity contribution is 5.85. The van der Waals surface area contributed by atoms with E-state index >= 15 is 0 Å². The van der Waals surface area contributed by atoms with E-state index in [9.17, 15) is 0 Å². The maximum atomic E-state index is 6.43. The van der Waals surface area contributed by atoms with Crippen LogP contribution in [0.4, 0.5) is 0 Å². The van der Waals surface area contributed by atoms with Crippen molar-refractivity contribution in [1.29, 1.82) is 0 Å². The molecule has 3 aromatic carbocycles. The number of benzene rings is 3. The van der Waals surface area contributed by atoms with Crippen molar-refractivity contribution in [3.63, 3.8) is 0 Å². The molecule has 158 valence electrons. The Kier molecular flexibility index (Phi) is 5.90. The molecule has 4 aromatic rings. The molecule has 31 heavy (non-hydrogen) atoms. The van der Waals surface area contributed by atoms with Gasteiger partial charge in [0.2, 0.25) is 5.88 Å². The monoisotopic (exact) mass is 412 g/mol. The molecule has 0 atom stereocenters. The summed E-state index contributed by atoms with van der Waals surface area (Å²) in [5, 5.41) is 0.891. The van der Waals surface area contributed by atoms with Crippen LogP contribution < -0.4 is 9.47 Å². The molecule has 0 unspecified atom stereocenters. The minimum absolute atomic E-state index is 0.132. The van der Waals surface area contributed by atoms with Crippen LogP contribution in [-0.4, -0.2) is 16.1 Å². The fourth-order valence-electron chi connectivity index (χ4n) is 3.52. The molecule has 0 N–H and O–H groups in total. The summed E-state index contributed by atoms with van der Waals surface area (Å²) < 4.78 is 12.2. The highest BCUT2D eigenvalue weighted by Crippen LogP contribution is 2.35. The molecule has 0 amide bonds. The van der Waals surface area contributed by atoms with E-state index in [2.05, 4.69) is 39.0 Å². The predicted octanol–water partition coefficient (Wildman–Crippen LogP) is 7.31. The molecule has 4 rings (SSSR count). The summed E-state index contributed by atoms with van der Waals surface area (Å²) in [4.78, 5) is 9.59. The molecule has 0 radical (unpaired) electrons. The zero-order valence-corrected chi connectivity index (χ0v) is 18.7. The summed E-state index contributed by atoms with van der Waals surface area (Å²) >= 11 is 0. The molecule has 0 bridgehead atoms. The average molecular weight is 413 g/mol. The number of aryl methyl sites for hydroxylation is 1. The Hall–Kier alpha value is -3.40. The average Bonchev–Trinajstić information content (AvgIpc) is 2.73. The van der Waals surface area contributed by atoms with Gasteiger partial charge in [-0.15, -0.1) is 0 Å². The van der Waals surface area contributed by atoms with Gasteiger partial charge in [0.25, 0.3) is 0 Å². The Labute approximate surface area is 183 Å². The fraction of sp³-hybridized carbons (Fsp3) is 0.259. The Morgan fingerprint density at radius 1 is 0.806 bits per heavy atom. The Morgan fingerprint density at radius 2 is 1.55 bits per heavy atom. The van der Waals surface area contributed by atoms with Crippen molar-refractivity contribution < 1.29 is 9.47 Å². The highest BCUT2D eigenvalue weighted by atomic mass is 16.5. The number of aromatic nitrogens is 2. The van der Waals surface area contributed by atoms with Crippen LogP contribution in [0.15, 0.2) is 66.7 Å². The van der Waals surface area contributed by atoms with Crippen LogP contribution in [0.3, 0.4) is 0 Å². The summed E-state index contributed by atoms with van der Waals surface area (Å²) in [6.07, 6.45) is 0.132. The van der Waals surface area contributed by atoms with Crippen LogP contribution in [0.25, 0.3) is 22.3 Å². The van der Waals surface area contributed by atoms with Crippen molar-refractivity contribution in [2.45, 2.75) is 46.6 Å². The van der Waals surface area contributed by atoms with Crippen LogP contribution in [-0.2, 0) is 0 Å². The predicted molar refractivity (Wildman–Crippen MR) is 126 cm³/mol. The first-order valence-corrected chi connectivity index (χ1v) is 10.7. The molecule has 0 spiro atoms. The SMILES string of the molecule is Cc1ccc(C(C)C)c(Oc2nc(-c3ccc(OC(C)C)cc3)nc3ccccc23)c1. The van der Waals surface area contributed by atoms with E-state index in [1.54, 1.807) is 0 Å². The van der Waals surface area contributed by atoms with Crippen molar-refractivity contribution in [3.05, 3.63) is 77.9 Å². The van der Waals surface area contributed by atoms with Gasteiger partial charge in [0.05, 0.1) is 17.0 Å². The molecule has 0 saturated carbocycles. The van der Waals surface area contributed by atoms with Crippen molar-refractivity contribution in [2.75, 3.05) is 0 Å². The third-order valence-electron chi connectivity index (χ3n) is 5.05. The first-order chi connectivity index (χ1) is 14.9. The summed E-state index contributed by atoms with van der Waals surface area (Å²) in [6, 6.07) is 22.1. The molecule has 0 aliphatic rings. The number of para-hydroxylation sites is 1. The lowest BCUT2D eigenvalue weighted by atomic mass is 10.0. The van der Waals surface area contributed by atoms with Gasteiger partial charge in [-0.3, -0.25) is 0 Å². The summed E-state index contributed by atoms with van der Waals surface area (Å²) in [6.45, 7) is 10.4. The number of nitrogens with zero attached hydrogens (tertiary/aromatic N) is 2. The van der Waals surface area contributed by atoms with Crippen molar-refractivity contribution in [2.24, 2.45) is 0 Å². The van der Waals surface area contributed by atoms with Gasteiger partial charge in [0.15, 0.2) is 5.82 Å². The molecule has 1 aromatic heterocycles. The van der Waals surface area contributed by atoms with Crippen molar-refractivity contribution in [1.82, 2.24) is 9.97 Å². The standard InChI is InChI=1S/C27H28N2O2/c1-17(2)22-15-10-19(5)16-25(22)31-27-23-8-6-7-9-24(23)28-26(29-27)20-11-13-21(14-12-20)30-18(3)4/h6-18H,1-5H3. The Balaban J connectivity index is 1.79. The number of hydrogen-bond acceptors (Lipinski definition) is 4. The smallest absolute Gasteiger partial charge is 0.230 e. The van der Waals surface area contributed by atoms with E-state index in [1.165, 1.54) is 0 Å². The second kappa shape index (κ2) is 8.76. The van der Waals surface area contributed by atoms with E-state index in [-0.39, 0.29) is 6.10 Å². The molecule has 0 aliphatic carbocycles. The topological polar surface area (TPSA) is 44.2 Å². The fourth-order valence-corrected chi connectivity index (χ4v) is 3.52. The third-order valence-corrected chi connectivity index (χ3v) is 5.05. The maximum absolute atomic E-state index is 6.43. The van der Waals surface area contributed by atoms with E-state index in [0.717, 1.165) is 39.1 Å². The largest absolute Gasteiger partial charge is 0.491 e. The lowest BCUT2D eigenvalue weighted by molar-refractivity contribution is 0.242. The quantitative estimate of drug-likeness (QED) is 0.333. The van der Waals surface area contributed by atoms with Gasteiger partial charge in [0, 0.05) is 5.56 Å². The van der Waals surface area contributed by atoms with Gasteiger partial charge in [0.1, 0.15) is 11.5 Å². The van der Waals surface area contributed by atoms with Crippen LogP contribution in [0.1, 0.15) is 44.7 Å². The molecule has 4 heteroatoms. The lowest BCUT2D eigenvalue weighted by Gasteiger charge is -2.16. The molecule has 1 heterocycles. The third kappa shape index (κ3) is 4.69. The first-order valence-electron chi connectivity index (χ1n) is 10.7. The van der Waals surface area contributed by atoms with Gasteiger partial charge in [-0.2, -0.15) is 4.98 Å². The molecule has 0 fully saturated rings. The minimum Gasteiger partial charge on any atom is -0.491 e. The molecule has 0 aliphatic heterocycles. The zero-order chi connectivity index (χ0) is 22.0. The molecule has 0 saturated heterocycles. The highest BCUT2D eigenvalue weighted by Gasteiger charge is 2.15. The maximum Gasteiger partial charge on any atom is 0.230 e. The van der Waals surface area contributed by atoms with Gasteiger partial charge in [-0.05, 0) is 80.3 Å². The number of rotatable bonds is 6. The molecule has 4 nitrogen and oxygen atoms in total. The Morgan fingerprint density at radius 3 is 2.26 bits per heavy atom. The number of ether oxygens (including phenoxy) is 2. The minimum atomic E-state index is 0.132. The van der Waals surface area contributed by atoms with Gasteiger partial charge in [-0.25, -0.2) is 4.98 Å². The van der Waals surface area contributed by atoms with Crippen LogP contribution in [0.2, 0.25) is 0 Å². The van der Waals surface area contributed by atoms with E-state index in [4.69, 9.17) is 19.4 Å². The number of fused-ring (bicyclic) bond motifs is 1. The van der Waals surface area contributed by atoms with E-state index in [0.29, 0.717) is 17.6 Å². The summed E-state index contributed by atoms with van der Waals surface area (Å²) in [5.41, 5.74) is 4.08. The first kappa shape index (κ1) is 20.9. The van der Waals surface area contributed by atoms with Crippen LogP contribution >= 0.6 is 0 Å². The van der Waals surface area contributed by atoms with Crippen molar-refractivity contribution >= 4 is 10.9 Å².